The van der Waals surface area contributed by atoms with Crippen molar-refractivity contribution in [2.75, 3.05) is 0 Å². The van der Waals surface area contributed by atoms with Gasteiger partial charge < -0.3 is 9.47 Å². The standard InChI is InChI=1S/C32H17F9N2O2/c1-2-3-4-21-17-42-29(43-18-21)12-8-19-5-9-22(10-6-19)31(37,38)44-23-15-25(33)24(26(34)16-23)11-7-20-13-27(35)30(28(36)14-20)45-32(39,40)41/h2,5-6,9-10,13-18H,1,3-4H2. The van der Waals surface area contributed by atoms with Crippen LogP contribution >= 0.6 is 0 Å². The fourth-order valence-corrected chi connectivity index (χ4v) is 3.61. The predicted molar refractivity (Wildman–Crippen MR) is 143 cm³/mol. The summed E-state index contributed by atoms with van der Waals surface area (Å²) in [5, 5.41) is 0. The van der Waals surface area contributed by atoms with Crippen molar-refractivity contribution in [3.63, 3.8) is 0 Å². The first kappa shape index (κ1) is 32.5. The Morgan fingerprint density at radius 2 is 1.29 bits per heavy atom. The summed E-state index contributed by atoms with van der Waals surface area (Å²) in [4.78, 5) is 8.24. The molecular formula is C32H17F9N2O2. The summed E-state index contributed by atoms with van der Waals surface area (Å²) >= 11 is 0. The Morgan fingerprint density at radius 3 is 1.84 bits per heavy atom. The lowest BCUT2D eigenvalue weighted by Gasteiger charge is -2.18. The molecule has 0 spiro atoms. The number of benzene rings is 3. The summed E-state index contributed by atoms with van der Waals surface area (Å²) < 4.78 is 131. The van der Waals surface area contributed by atoms with Gasteiger partial charge >= 0.3 is 12.5 Å². The third-order valence-corrected chi connectivity index (χ3v) is 5.69. The average molecular weight is 632 g/mol. The summed E-state index contributed by atoms with van der Waals surface area (Å²) in [5.74, 6) is 0.427. The third-order valence-electron chi connectivity index (χ3n) is 5.69. The highest BCUT2D eigenvalue weighted by Gasteiger charge is 2.35. The van der Waals surface area contributed by atoms with Crippen molar-refractivity contribution in [3.8, 4) is 35.2 Å². The van der Waals surface area contributed by atoms with E-state index in [-0.39, 0.29) is 5.82 Å². The quantitative estimate of drug-likeness (QED) is 0.118. The zero-order valence-electron chi connectivity index (χ0n) is 22.6. The van der Waals surface area contributed by atoms with E-state index in [1.807, 2.05) is 11.8 Å². The van der Waals surface area contributed by atoms with Crippen LogP contribution in [0.2, 0.25) is 0 Å². The van der Waals surface area contributed by atoms with E-state index in [1.54, 1.807) is 18.5 Å². The second kappa shape index (κ2) is 13.5. The Balaban J connectivity index is 1.46. The molecule has 0 amide bonds. The van der Waals surface area contributed by atoms with Crippen LogP contribution in [0.25, 0.3) is 0 Å². The van der Waals surface area contributed by atoms with Crippen molar-refractivity contribution in [1.82, 2.24) is 9.97 Å². The first-order chi connectivity index (χ1) is 21.2. The van der Waals surface area contributed by atoms with Gasteiger partial charge in [0.05, 0.1) is 11.1 Å². The minimum absolute atomic E-state index is 0.222. The first-order valence-electron chi connectivity index (χ1n) is 12.6. The zero-order valence-corrected chi connectivity index (χ0v) is 22.6. The van der Waals surface area contributed by atoms with Crippen molar-refractivity contribution in [1.29, 1.82) is 0 Å². The number of ether oxygens (including phenoxy) is 2. The van der Waals surface area contributed by atoms with Gasteiger partial charge in [-0.05, 0) is 60.7 Å². The molecule has 0 aliphatic heterocycles. The van der Waals surface area contributed by atoms with E-state index >= 15 is 0 Å². The van der Waals surface area contributed by atoms with Crippen molar-refractivity contribution < 1.29 is 49.0 Å². The number of aromatic nitrogens is 2. The average Bonchev–Trinajstić information content (AvgIpc) is 2.96. The molecular weight excluding hydrogens is 615 g/mol. The summed E-state index contributed by atoms with van der Waals surface area (Å²) in [6.45, 7) is 3.64. The fourth-order valence-electron chi connectivity index (χ4n) is 3.61. The number of allylic oxidation sites excluding steroid dienone is 1. The highest BCUT2D eigenvalue weighted by atomic mass is 19.4. The Kier molecular flexibility index (Phi) is 9.72. The lowest BCUT2D eigenvalue weighted by Crippen LogP contribution is -2.22. The third kappa shape index (κ3) is 8.80. The van der Waals surface area contributed by atoms with E-state index in [9.17, 15) is 39.5 Å². The van der Waals surface area contributed by atoms with Crippen LogP contribution < -0.4 is 9.47 Å². The SMILES string of the molecule is C=CCCc1cnc(C#Cc2ccc(C(F)(F)Oc3cc(F)c(C#Cc4cc(F)c(OC(F)(F)F)c(F)c4)c(F)c3)cc2)nc1. The van der Waals surface area contributed by atoms with Crippen molar-refractivity contribution in [3.05, 3.63) is 130 Å². The number of hydrogen-bond donors (Lipinski definition) is 0. The molecule has 230 valence electrons. The summed E-state index contributed by atoms with van der Waals surface area (Å²) in [6.07, 6.45) is -2.93. The van der Waals surface area contributed by atoms with Gasteiger partial charge in [-0.3, -0.25) is 0 Å². The summed E-state index contributed by atoms with van der Waals surface area (Å²) in [7, 11) is 0. The molecule has 4 rings (SSSR count). The Hall–Kier alpha value is -5.43. The molecule has 13 heteroatoms. The van der Waals surface area contributed by atoms with Gasteiger partial charge in [-0.1, -0.05) is 23.8 Å². The maximum absolute atomic E-state index is 14.8. The van der Waals surface area contributed by atoms with Crippen LogP contribution in [0.4, 0.5) is 39.5 Å². The monoisotopic (exact) mass is 632 g/mol. The van der Waals surface area contributed by atoms with Gasteiger partial charge in [0.2, 0.25) is 11.6 Å². The molecule has 0 N–H and O–H groups in total. The molecule has 0 saturated heterocycles. The molecule has 0 aliphatic carbocycles. The van der Waals surface area contributed by atoms with Crippen LogP contribution in [0.3, 0.4) is 0 Å². The fraction of sp³-hybridized carbons (Fsp3) is 0.125. The Labute approximate surface area is 250 Å². The van der Waals surface area contributed by atoms with E-state index in [2.05, 4.69) is 37.9 Å². The molecule has 0 atom stereocenters. The van der Waals surface area contributed by atoms with Crippen molar-refractivity contribution in [2.45, 2.75) is 25.3 Å². The zero-order chi connectivity index (χ0) is 32.8. The smallest absolute Gasteiger partial charge is 0.429 e. The number of rotatable bonds is 7. The lowest BCUT2D eigenvalue weighted by atomic mass is 10.1. The molecule has 45 heavy (non-hydrogen) atoms. The van der Waals surface area contributed by atoms with Gasteiger partial charge in [0.1, 0.15) is 17.4 Å². The van der Waals surface area contributed by atoms with E-state index in [1.165, 1.54) is 12.1 Å². The molecule has 0 unspecified atom stereocenters. The number of halogens is 9. The number of alkyl halides is 5. The molecule has 3 aromatic carbocycles. The number of nitrogens with zero attached hydrogens (tertiary/aromatic N) is 2. The molecule has 4 aromatic rings. The van der Waals surface area contributed by atoms with Crippen LogP contribution in [-0.4, -0.2) is 16.3 Å². The second-order valence-electron chi connectivity index (χ2n) is 9.02. The first-order valence-corrected chi connectivity index (χ1v) is 12.6. The molecule has 0 fully saturated rings. The molecule has 1 aromatic heterocycles. The Bertz CT molecular complexity index is 1790. The lowest BCUT2D eigenvalue weighted by molar-refractivity contribution is -0.276. The van der Waals surface area contributed by atoms with Crippen molar-refractivity contribution >= 4 is 0 Å². The minimum Gasteiger partial charge on any atom is -0.429 e. The van der Waals surface area contributed by atoms with Gasteiger partial charge in [0.25, 0.3) is 0 Å². The Morgan fingerprint density at radius 1 is 0.711 bits per heavy atom. The minimum atomic E-state index is -5.38. The molecule has 0 radical (unpaired) electrons. The van der Waals surface area contributed by atoms with Crippen LogP contribution in [0.15, 0.2) is 73.6 Å². The van der Waals surface area contributed by atoms with E-state index < -0.39 is 63.9 Å². The van der Waals surface area contributed by atoms with E-state index in [4.69, 9.17) is 0 Å². The molecule has 1 heterocycles. The molecule has 0 bridgehead atoms. The van der Waals surface area contributed by atoms with Gasteiger partial charge in [-0.15, -0.1) is 19.8 Å². The van der Waals surface area contributed by atoms with Crippen LogP contribution in [0, 0.1) is 47.0 Å². The van der Waals surface area contributed by atoms with Gasteiger partial charge in [-0.25, -0.2) is 27.5 Å². The molecule has 0 aliphatic rings. The molecule has 4 nitrogen and oxygen atoms in total. The van der Waals surface area contributed by atoms with Crippen LogP contribution in [0.1, 0.15) is 40.1 Å². The van der Waals surface area contributed by atoms with Crippen LogP contribution in [-0.2, 0) is 12.5 Å². The number of aryl methyl sites for hydroxylation is 1. The van der Waals surface area contributed by atoms with Crippen LogP contribution in [0.5, 0.6) is 11.5 Å². The maximum Gasteiger partial charge on any atom is 0.573 e. The second-order valence-corrected chi connectivity index (χ2v) is 9.02. The highest BCUT2D eigenvalue weighted by Crippen LogP contribution is 2.33. The maximum atomic E-state index is 14.8. The topological polar surface area (TPSA) is 44.2 Å². The van der Waals surface area contributed by atoms with Crippen molar-refractivity contribution in [2.24, 2.45) is 0 Å². The number of hydrogen-bond acceptors (Lipinski definition) is 4. The van der Waals surface area contributed by atoms with E-state index in [0.29, 0.717) is 29.8 Å². The largest absolute Gasteiger partial charge is 0.573 e. The normalized spacial score (nSPS) is 11.1. The predicted octanol–water partition coefficient (Wildman–Crippen LogP) is 7.98. The van der Waals surface area contributed by atoms with Gasteiger partial charge in [-0.2, -0.15) is 8.78 Å². The summed E-state index contributed by atoms with van der Waals surface area (Å²) in [5.41, 5.74) is -1.00. The molecule has 0 saturated carbocycles. The highest BCUT2D eigenvalue weighted by molar-refractivity contribution is 5.48. The summed E-state index contributed by atoms with van der Waals surface area (Å²) in [6, 6.07) is 6.04. The van der Waals surface area contributed by atoms with Gasteiger partial charge in [0.15, 0.2) is 11.6 Å². The van der Waals surface area contributed by atoms with Gasteiger partial charge in [0, 0.05) is 35.7 Å². The van der Waals surface area contributed by atoms with E-state index in [0.717, 1.165) is 30.5 Å².